The molecular weight excluding hydrogens is 222 g/mol. The molecule has 0 fully saturated rings. The van der Waals surface area contributed by atoms with E-state index in [0.717, 1.165) is 5.56 Å². The smallest absolute Gasteiger partial charge is 0.306 e. The first-order valence-electron chi connectivity index (χ1n) is 5.42. The van der Waals surface area contributed by atoms with Crippen LogP contribution in [-0.4, -0.2) is 27.4 Å². The van der Waals surface area contributed by atoms with Crippen LogP contribution >= 0.6 is 0 Å². The van der Waals surface area contributed by atoms with Crippen molar-refractivity contribution < 1.29 is 20.1 Å². The predicted octanol–water partition coefficient (Wildman–Crippen LogP) is 0.700. The van der Waals surface area contributed by atoms with Gasteiger partial charge in [-0.1, -0.05) is 19.1 Å². The average molecular weight is 239 g/mol. The van der Waals surface area contributed by atoms with Crippen LogP contribution in [0.25, 0.3) is 0 Å². The van der Waals surface area contributed by atoms with Gasteiger partial charge >= 0.3 is 5.97 Å². The zero-order valence-electron chi connectivity index (χ0n) is 9.63. The fourth-order valence-corrected chi connectivity index (χ4v) is 1.63. The van der Waals surface area contributed by atoms with E-state index in [1.807, 2.05) is 6.92 Å². The third-order valence-corrected chi connectivity index (χ3v) is 2.64. The number of hydrogen-bond donors (Lipinski definition) is 4. The molecule has 0 spiro atoms. The lowest BCUT2D eigenvalue weighted by Crippen LogP contribution is -2.21. The van der Waals surface area contributed by atoms with E-state index in [4.69, 9.17) is 10.8 Å². The number of aliphatic carboxylic acids is 1. The van der Waals surface area contributed by atoms with Crippen molar-refractivity contribution in [3.8, 4) is 0 Å². The van der Waals surface area contributed by atoms with Crippen LogP contribution in [0.1, 0.15) is 30.6 Å². The number of carboxylic acid groups (broad SMARTS) is 1. The maximum Gasteiger partial charge on any atom is 0.306 e. The van der Waals surface area contributed by atoms with Crippen molar-refractivity contribution in [2.45, 2.75) is 32.0 Å². The van der Waals surface area contributed by atoms with Gasteiger partial charge in [-0.15, -0.1) is 0 Å². The summed E-state index contributed by atoms with van der Waals surface area (Å²) in [4.78, 5) is 10.4. The molecule has 0 bridgehead atoms. The predicted molar refractivity (Wildman–Crippen MR) is 63.5 cm³/mol. The Morgan fingerprint density at radius 1 is 1.41 bits per heavy atom. The number of benzene rings is 1. The zero-order chi connectivity index (χ0) is 13.0. The van der Waals surface area contributed by atoms with E-state index in [1.165, 1.54) is 0 Å². The number of anilines is 1. The summed E-state index contributed by atoms with van der Waals surface area (Å²) in [5, 5.41) is 27.8. The van der Waals surface area contributed by atoms with E-state index in [9.17, 15) is 15.0 Å². The van der Waals surface area contributed by atoms with Crippen LogP contribution in [0.2, 0.25) is 0 Å². The Kier molecular flexibility index (Phi) is 4.48. The fourth-order valence-electron chi connectivity index (χ4n) is 1.63. The first kappa shape index (κ1) is 13.5. The second-order valence-electron chi connectivity index (χ2n) is 3.92. The first-order valence-corrected chi connectivity index (χ1v) is 5.42. The fraction of sp³-hybridized carbons (Fsp3) is 0.417. The van der Waals surface area contributed by atoms with Crippen molar-refractivity contribution in [1.29, 1.82) is 0 Å². The van der Waals surface area contributed by atoms with E-state index >= 15 is 0 Å². The summed E-state index contributed by atoms with van der Waals surface area (Å²) in [6.07, 6.45) is -2.31. The van der Waals surface area contributed by atoms with Gasteiger partial charge in [0.15, 0.2) is 0 Å². The standard InChI is InChI=1S/C12H17NO4/c1-2-7-5-8(3-4-9(7)13)12(17)10(14)6-11(15)16/h3-5,10,12,14,17H,2,6,13H2,1H3,(H,15,16). The van der Waals surface area contributed by atoms with Gasteiger partial charge in [0.2, 0.25) is 0 Å². The molecule has 0 aromatic heterocycles. The molecule has 0 radical (unpaired) electrons. The van der Waals surface area contributed by atoms with Gasteiger partial charge in [0, 0.05) is 5.69 Å². The van der Waals surface area contributed by atoms with Crippen LogP contribution in [0.5, 0.6) is 0 Å². The summed E-state index contributed by atoms with van der Waals surface area (Å²) < 4.78 is 0. The number of rotatable bonds is 5. The number of aryl methyl sites for hydroxylation is 1. The van der Waals surface area contributed by atoms with Crippen molar-refractivity contribution in [2.75, 3.05) is 5.73 Å². The van der Waals surface area contributed by atoms with Gasteiger partial charge in [0.1, 0.15) is 6.10 Å². The van der Waals surface area contributed by atoms with E-state index in [0.29, 0.717) is 17.7 Å². The number of carboxylic acids is 1. The van der Waals surface area contributed by atoms with Gasteiger partial charge in [-0.05, 0) is 23.6 Å². The Morgan fingerprint density at radius 2 is 2.06 bits per heavy atom. The molecule has 2 atom stereocenters. The van der Waals surface area contributed by atoms with Crippen molar-refractivity contribution in [3.63, 3.8) is 0 Å². The number of nitrogens with two attached hydrogens (primary N) is 1. The summed E-state index contributed by atoms with van der Waals surface area (Å²) in [5.41, 5.74) is 7.68. The highest BCUT2D eigenvalue weighted by atomic mass is 16.4. The largest absolute Gasteiger partial charge is 0.481 e. The SMILES string of the molecule is CCc1cc(C(O)C(O)CC(=O)O)ccc1N. The molecule has 0 saturated heterocycles. The molecule has 0 saturated carbocycles. The molecule has 0 aliphatic rings. The van der Waals surface area contributed by atoms with Crippen molar-refractivity contribution in [2.24, 2.45) is 0 Å². The van der Waals surface area contributed by atoms with Crippen LogP contribution in [0.4, 0.5) is 5.69 Å². The van der Waals surface area contributed by atoms with Crippen LogP contribution < -0.4 is 5.73 Å². The molecule has 5 N–H and O–H groups in total. The van der Waals surface area contributed by atoms with Crippen LogP contribution in [-0.2, 0) is 11.2 Å². The second kappa shape index (κ2) is 5.65. The molecule has 0 aliphatic carbocycles. The summed E-state index contributed by atoms with van der Waals surface area (Å²) in [6, 6.07) is 4.92. The highest BCUT2D eigenvalue weighted by Crippen LogP contribution is 2.23. The minimum absolute atomic E-state index is 0.477. The normalized spacial score (nSPS) is 14.3. The van der Waals surface area contributed by atoms with Crippen molar-refractivity contribution in [1.82, 2.24) is 0 Å². The Hall–Kier alpha value is -1.59. The van der Waals surface area contributed by atoms with E-state index in [1.54, 1.807) is 18.2 Å². The highest BCUT2D eigenvalue weighted by Gasteiger charge is 2.21. The number of nitrogen functional groups attached to an aromatic ring is 1. The van der Waals surface area contributed by atoms with Crippen molar-refractivity contribution in [3.05, 3.63) is 29.3 Å². The highest BCUT2D eigenvalue weighted by molar-refractivity contribution is 5.67. The summed E-state index contributed by atoms with van der Waals surface area (Å²) in [5.74, 6) is -1.15. The number of hydrogen-bond acceptors (Lipinski definition) is 4. The molecule has 1 aromatic rings. The lowest BCUT2D eigenvalue weighted by molar-refractivity contribution is -0.141. The van der Waals surface area contributed by atoms with Gasteiger partial charge in [0.25, 0.3) is 0 Å². The minimum Gasteiger partial charge on any atom is -0.481 e. The quantitative estimate of drug-likeness (QED) is 0.566. The lowest BCUT2D eigenvalue weighted by atomic mass is 9.98. The third-order valence-electron chi connectivity index (χ3n) is 2.64. The number of aliphatic hydroxyl groups excluding tert-OH is 2. The van der Waals surface area contributed by atoms with Crippen LogP contribution in [0, 0.1) is 0 Å². The zero-order valence-corrected chi connectivity index (χ0v) is 9.63. The van der Waals surface area contributed by atoms with Gasteiger partial charge in [0.05, 0.1) is 12.5 Å². The molecule has 0 heterocycles. The lowest BCUT2D eigenvalue weighted by Gasteiger charge is -2.17. The van der Waals surface area contributed by atoms with Crippen LogP contribution in [0.3, 0.4) is 0 Å². The maximum atomic E-state index is 10.4. The Bertz CT molecular complexity index is 405. The maximum absolute atomic E-state index is 10.4. The van der Waals surface area contributed by atoms with E-state index < -0.39 is 24.6 Å². The number of carbonyl (C=O) groups is 1. The molecule has 2 unspecified atom stereocenters. The first-order chi connectivity index (χ1) is 7.95. The van der Waals surface area contributed by atoms with E-state index in [-0.39, 0.29) is 0 Å². The summed E-state index contributed by atoms with van der Waals surface area (Å²) in [6.45, 7) is 1.93. The third kappa shape index (κ3) is 3.44. The van der Waals surface area contributed by atoms with Gasteiger partial charge in [-0.3, -0.25) is 4.79 Å². The molecule has 0 amide bonds. The molecule has 5 heteroatoms. The van der Waals surface area contributed by atoms with Gasteiger partial charge in [-0.2, -0.15) is 0 Å². The van der Waals surface area contributed by atoms with Gasteiger partial charge in [-0.25, -0.2) is 0 Å². The molecular formula is C12H17NO4. The number of aliphatic hydroxyl groups is 2. The molecule has 17 heavy (non-hydrogen) atoms. The van der Waals surface area contributed by atoms with Gasteiger partial charge < -0.3 is 21.1 Å². The van der Waals surface area contributed by atoms with Crippen LogP contribution in [0.15, 0.2) is 18.2 Å². The molecule has 0 aliphatic heterocycles. The summed E-state index contributed by atoms with van der Waals surface area (Å²) >= 11 is 0. The molecule has 1 rings (SSSR count). The molecule has 94 valence electrons. The Balaban J connectivity index is 2.88. The monoisotopic (exact) mass is 239 g/mol. The van der Waals surface area contributed by atoms with Crippen molar-refractivity contribution >= 4 is 11.7 Å². The average Bonchev–Trinajstić information content (AvgIpc) is 2.27. The topological polar surface area (TPSA) is 104 Å². The summed E-state index contributed by atoms with van der Waals surface area (Å²) in [7, 11) is 0. The minimum atomic E-state index is -1.32. The Labute approximate surface area is 99.5 Å². The molecule has 1 aromatic carbocycles. The van der Waals surface area contributed by atoms with E-state index in [2.05, 4.69) is 0 Å². The Morgan fingerprint density at radius 3 is 2.59 bits per heavy atom. The molecule has 5 nitrogen and oxygen atoms in total. The second-order valence-corrected chi connectivity index (χ2v) is 3.92.